The van der Waals surface area contributed by atoms with Crippen LogP contribution in [-0.4, -0.2) is 45.0 Å². The van der Waals surface area contributed by atoms with Crippen molar-refractivity contribution in [2.75, 3.05) is 13.2 Å². The molecular formula is C12H14F3N3O4. The van der Waals surface area contributed by atoms with Crippen molar-refractivity contribution in [3.8, 4) is 0 Å². The van der Waals surface area contributed by atoms with E-state index >= 15 is 0 Å². The molecule has 10 heteroatoms. The zero-order chi connectivity index (χ0) is 16.5. The van der Waals surface area contributed by atoms with Crippen molar-refractivity contribution in [1.82, 2.24) is 14.7 Å². The van der Waals surface area contributed by atoms with Crippen LogP contribution in [0.1, 0.15) is 23.9 Å². The minimum Gasteiger partial charge on any atom is -0.465 e. The zero-order valence-electron chi connectivity index (χ0n) is 11.7. The van der Waals surface area contributed by atoms with Crippen molar-refractivity contribution >= 4 is 12.1 Å². The second-order valence-electron chi connectivity index (χ2n) is 4.69. The number of hydrogen-bond donors (Lipinski definition) is 1. The van der Waals surface area contributed by atoms with Crippen LogP contribution in [0.25, 0.3) is 0 Å². The van der Waals surface area contributed by atoms with Crippen LogP contribution < -0.4 is 0 Å². The van der Waals surface area contributed by atoms with E-state index in [9.17, 15) is 22.8 Å². The Morgan fingerprint density at radius 3 is 2.64 bits per heavy atom. The summed E-state index contributed by atoms with van der Waals surface area (Å²) < 4.78 is 44.6. The van der Waals surface area contributed by atoms with E-state index in [1.54, 1.807) is 6.92 Å². The number of ether oxygens (including phenoxy) is 1. The van der Waals surface area contributed by atoms with Crippen molar-refractivity contribution < 1.29 is 32.6 Å². The van der Waals surface area contributed by atoms with Gasteiger partial charge in [0, 0.05) is 12.1 Å². The molecule has 0 spiro atoms. The summed E-state index contributed by atoms with van der Waals surface area (Å²) in [5, 5.41) is 12.4. The van der Waals surface area contributed by atoms with E-state index in [4.69, 9.17) is 9.84 Å². The normalized spacial score (nSPS) is 14.6. The Bertz CT molecular complexity index is 597. The van der Waals surface area contributed by atoms with E-state index in [0.717, 1.165) is 9.58 Å². The van der Waals surface area contributed by atoms with E-state index in [1.807, 2.05) is 0 Å². The highest BCUT2D eigenvalue weighted by Gasteiger charge is 2.41. The molecule has 0 saturated heterocycles. The Morgan fingerprint density at radius 2 is 2.09 bits per heavy atom. The van der Waals surface area contributed by atoms with Gasteiger partial charge in [0.2, 0.25) is 0 Å². The molecule has 0 bridgehead atoms. The van der Waals surface area contributed by atoms with Crippen LogP contribution in [0, 0.1) is 0 Å². The van der Waals surface area contributed by atoms with Gasteiger partial charge in [-0.25, -0.2) is 4.79 Å². The summed E-state index contributed by atoms with van der Waals surface area (Å²) >= 11 is 0. The van der Waals surface area contributed by atoms with Crippen molar-refractivity contribution in [3.63, 3.8) is 0 Å². The number of alkyl halides is 3. The lowest BCUT2D eigenvalue weighted by atomic mass is 10.0. The van der Waals surface area contributed by atoms with Crippen LogP contribution in [-0.2, 0) is 35.2 Å². The van der Waals surface area contributed by atoms with Crippen molar-refractivity contribution in [3.05, 3.63) is 17.0 Å². The number of esters is 1. The largest absolute Gasteiger partial charge is 0.465 e. The van der Waals surface area contributed by atoms with Gasteiger partial charge in [0.25, 0.3) is 0 Å². The van der Waals surface area contributed by atoms with Crippen LogP contribution in [0.2, 0.25) is 0 Å². The Hall–Kier alpha value is -2.26. The lowest BCUT2D eigenvalue weighted by Crippen LogP contribution is -2.36. The minimum atomic E-state index is -4.66. The maximum absolute atomic E-state index is 13.0. The van der Waals surface area contributed by atoms with Crippen LogP contribution >= 0.6 is 0 Å². The van der Waals surface area contributed by atoms with Crippen LogP contribution in [0.15, 0.2) is 0 Å². The lowest BCUT2D eigenvalue weighted by Gasteiger charge is -2.25. The molecule has 1 aromatic rings. The number of carbonyl (C=O) groups excluding carboxylic acids is 1. The smallest absolute Gasteiger partial charge is 0.435 e. The second kappa shape index (κ2) is 5.85. The first kappa shape index (κ1) is 16.1. The highest BCUT2D eigenvalue weighted by molar-refractivity contribution is 5.69. The third kappa shape index (κ3) is 3.15. The van der Waals surface area contributed by atoms with E-state index in [2.05, 4.69) is 5.10 Å². The Labute approximate surface area is 123 Å². The molecule has 22 heavy (non-hydrogen) atoms. The number of carbonyl (C=O) groups is 2. The van der Waals surface area contributed by atoms with Gasteiger partial charge in [-0.15, -0.1) is 0 Å². The summed E-state index contributed by atoms with van der Waals surface area (Å²) in [6.45, 7) is 0.892. The molecule has 0 fully saturated rings. The third-order valence-electron chi connectivity index (χ3n) is 3.26. The predicted octanol–water partition coefficient (Wildman–Crippen LogP) is 1.50. The molecule has 122 valence electrons. The third-order valence-corrected chi connectivity index (χ3v) is 3.26. The topological polar surface area (TPSA) is 84.7 Å². The molecule has 1 aromatic heterocycles. The quantitative estimate of drug-likeness (QED) is 0.853. The Kier molecular flexibility index (Phi) is 4.29. The number of hydrogen-bond acceptors (Lipinski definition) is 4. The van der Waals surface area contributed by atoms with Gasteiger partial charge >= 0.3 is 18.2 Å². The molecule has 0 aromatic carbocycles. The zero-order valence-corrected chi connectivity index (χ0v) is 11.7. The Morgan fingerprint density at radius 1 is 1.41 bits per heavy atom. The van der Waals surface area contributed by atoms with Crippen molar-refractivity contribution in [2.24, 2.45) is 0 Å². The lowest BCUT2D eigenvalue weighted by molar-refractivity contribution is -0.146. The molecule has 7 nitrogen and oxygen atoms in total. The number of aromatic nitrogens is 2. The van der Waals surface area contributed by atoms with E-state index in [1.165, 1.54) is 0 Å². The highest BCUT2D eigenvalue weighted by Crippen LogP contribution is 2.35. The maximum Gasteiger partial charge on any atom is 0.435 e. The molecule has 0 saturated carbocycles. The van der Waals surface area contributed by atoms with Gasteiger partial charge in [0.15, 0.2) is 5.69 Å². The number of halogens is 3. The Balaban J connectivity index is 2.39. The highest BCUT2D eigenvalue weighted by atomic mass is 19.4. The first-order valence-corrected chi connectivity index (χ1v) is 6.53. The summed E-state index contributed by atoms with van der Waals surface area (Å²) in [5.74, 6) is -0.728. The second-order valence-corrected chi connectivity index (χ2v) is 4.69. The summed E-state index contributed by atoms with van der Waals surface area (Å²) in [4.78, 5) is 23.4. The summed E-state index contributed by atoms with van der Waals surface area (Å²) in [5.41, 5.74) is -1.06. The van der Waals surface area contributed by atoms with Crippen molar-refractivity contribution in [1.29, 1.82) is 0 Å². The van der Waals surface area contributed by atoms with Gasteiger partial charge in [0.1, 0.15) is 6.54 Å². The summed E-state index contributed by atoms with van der Waals surface area (Å²) in [6, 6.07) is 0. The predicted molar refractivity (Wildman–Crippen MR) is 66.0 cm³/mol. The van der Waals surface area contributed by atoms with E-state index < -0.39 is 30.5 Å². The number of nitrogens with zero attached hydrogens (tertiary/aromatic N) is 3. The molecule has 0 aliphatic carbocycles. The van der Waals surface area contributed by atoms with Gasteiger partial charge in [-0.3, -0.25) is 9.48 Å². The van der Waals surface area contributed by atoms with Gasteiger partial charge < -0.3 is 14.7 Å². The number of carboxylic acid groups (broad SMARTS) is 1. The molecular weight excluding hydrogens is 307 g/mol. The molecule has 1 amide bonds. The SMILES string of the molecule is CCOC(=O)Cn1nc(C(F)(F)F)c2c1CN(C(=O)O)CC2. The van der Waals surface area contributed by atoms with Crippen LogP contribution in [0.4, 0.5) is 18.0 Å². The fourth-order valence-electron chi connectivity index (χ4n) is 2.33. The summed E-state index contributed by atoms with van der Waals surface area (Å²) in [6.07, 6.45) is -5.99. The average molecular weight is 321 g/mol. The molecule has 0 radical (unpaired) electrons. The standard InChI is InChI=1S/C12H14F3N3O4/c1-2-22-9(19)6-18-8-5-17(11(20)21)4-3-7(8)10(16-18)12(13,14)15/h2-6H2,1H3,(H,20,21). The molecule has 1 aliphatic rings. The van der Waals surface area contributed by atoms with Gasteiger partial charge in [-0.1, -0.05) is 0 Å². The molecule has 2 heterocycles. The number of amides is 1. The molecule has 0 unspecified atom stereocenters. The van der Waals surface area contributed by atoms with Crippen molar-refractivity contribution in [2.45, 2.75) is 32.6 Å². The molecule has 1 aliphatic heterocycles. The number of fused-ring (bicyclic) bond motifs is 1. The average Bonchev–Trinajstić information content (AvgIpc) is 2.77. The first-order chi connectivity index (χ1) is 10.2. The van der Waals surface area contributed by atoms with Crippen LogP contribution in [0.3, 0.4) is 0 Å². The first-order valence-electron chi connectivity index (χ1n) is 6.53. The fraction of sp³-hybridized carbons (Fsp3) is 0.583. The molecule has 1 N–H and O–H groups in total. The minimum absolute atomic E-state index is 0.0451. The summed E-state index contributed by atoms with van der Waals surface area (Å²) in [7, 11) is 0. The van der Waals surface area contributed by atoms with Crippen LogP contribution in [0.5, 0.6) is 0 Å². The monoisotopic (exact) mass is 321 g/mol. The van der Waals surface area contributed by atoms with E-state index in [0.29, 0.717) is 0 Å². The maximum atomic E-state index is 13.0. The molecule has 2 rings (SSSR count). The van der Waals surface area contributed by atoms with E-state index in [-0.39, 0.29) is 37.4 Å². The fourth-order valence-corrected chi connectivity index (χ4v) is 2.33. The number of rotatable bonds is 3. The molecule has 0 atom stereocenters. The van der Waals surface area contributed by atoms with Gasteiger partial charge in [0.05, 0.1) is 18.8 Å². The van der Waals surface area contributed by atoms with Gasteiger partial charge in [-0.05, 0) is 13.3 Å². The van der Waals surface area contributed by atoms with Gasteiger partial charge in [-0.2, -0.15) is 18.3 Å².